The van der Waals surface area contributed by atoms with Crippen LogP contribution in [0.1, 0.15) is 41.6 Å². The molecule has 0 saturated heterocycles. The Morgan fingerprint density at radius 3 is 2.11 bits per heavy atom. The first-order valence-electron chi connectivity index (χ1n) is 11.8. The van der Waals surface area contributed by atoms with E-state index in [1.54, 1.807) is 31.2 Å². The van der Waals surface area contributed by atoms with Gasteiger partial charge >= 0.3 is 11.9 Å². The molecular formula is C28H31NO9. The van der Waals surface area contributed by atoms with Gasteiger partial charge in [-0.2, -0.15) is 0 Å². The zero-order valence-electron chi connectivity index (χ0n) is 21.9. The lowest BCUT2D eigenvalue weighted by Crippen LogP contribution is -2.29. The summed E-state index contributed by atoms with van der Waals surface area (Å²) in [6, 6.07) is 11.2. The van der Waals surface area contributed by atoms with Gasteiger partial charge in [0.1, 0.15) is 11.5 Å². The van der Waals surface area contributed by atoms with Gasteiger partial charge in [-0.3, -0.25) is 14.4 Å². The molecule has 1 heterocycles. The van der Waals surface area contributed by atoms with Gasteiger partial charge in [-0.1, -0.05) is 12.1 Å². The zero-order valence-corrected chi connectivity index (χ0v) is 21.9. The third kappa shape index (κ3) is 6.26. The number of hydrogen-bond donors (Lipinski definition) is 2. The van der Waals surface area contributed by atoms with E-state index in [9.17, 15) is 24.6 Å². The van der Waals surface area contributed by atoms with E-state index in [0.29, 0.717) is 24.2 Å². The number of aromatic hydroxyl groups is 2. The highest BCUT2D eigenvalue weighted by atomic mass is 16.6. The van der Waals surface area contributed by atoms with Gasteiger partial charge in [0.2, 0.25) is 5.75 Å². The van der Waals surface area contributed by atoms with Crippen LogP contribution in [0.5, 0.6) is 28.7 Å². The van der Waals surface area contributed by atoms with Crippen molar-refractivity contribution in [1.82, 2.24) is 4.57 Å². The van der Waals surface area contributed by atoms with Crippen LogP contribution in [0.25, 0.3) is 0 Å². The van der Waals surface area contributed by atoms with Crippen LogP contribution in [0.2, 0.25) is 0 Å². The summed E-state index contributed by atoms with van der Waals surface area (Å²) in [5, 5.41) is 20.5. The minimum atomic E-state index is -0.940. The molecule has 0 aliphatic carbocycles. The van der Waals surface area contributed by atoms with Crippen molar-refractivity contribution in [2.75, 3.05) is 21.3 Å². The Labute approximate surface area is 220 Å². The number of esters is 2. The standard InChI is InChI=1S/C28H31NO9/c1-16-12-22(32)26(28(34)29(16)11-10-18-6-8-20(31)9-7-18)21(15-25(33)37-5)19-13-23(35-3)27(38-17(2)30)24(14-19)36-4/h6-9,12-14,21,31-32H,10-11,15H2,1-5H3. The molecule has 0 saturated carbocycles. The maximum absolute atomic E-state index is 13.8. The molecule has 3 aromatic rings. The molecule has 10 nitrogen and oxygen atoms in total. The van der Waals surface area contributed by atoms with Gasteiger partial charge in [0.15, 0.2) is 11.5 Å². The van der Waals surface area contributed by atoms with Crippen LogP contribution < -0.4 is 19.8 Å². The number of phenolic OH excluding ortho intramolecular Hbond substituents is 1. The number of nitrogens with zero attached hydrogens (tertiary/aromatic N) is 1. The fourth-order valence-corrected chi connectivity index (χ4v) is 4.26. The Kier molecular flexibility index (Phi) is 9.01. The molecule has 2 N–H and O–H groups in total. The number of phenols is 1. The molecule has 0 radical (unpaired) electrons. The predicted molar refractivity (Wildman–Crippen MR) is 138 cm³/mol. The number of aromatic nitrogens is 1. The Morgan fingerprint density at radius 2 is 1.58 bits per heavy atom. The monoisotopic (exact) mass is 525 g/mol. The third-order valence-electron chi connectivity index (χ3n) is 6.16. The topological polar surface area (TPSA) is 134 Å². The number of aryl methyl sites for hydroxylation is 2. The van der Waals surface area contributed by atoms with Crippen molar-refractivity contribution >= 4 is 11.9 Å². The molecule has 38 heavy (non-hydrogen) atoms. The maximum atomic E-state index is 13.8. The quantitative estimate of drug-likeness (QED) is 0.302. The normalized spacial score (nSPS) is 11.5. The van der Waals surface area contributed by atoms with Crippen molar-refractivity contribution in [3.63, 3.8) is 0 Å². The van der Waals surface area contributed by atoms with E-state index >= 15 is 0 Å². The lowest BCUT2D eigenvalue weighted by molar-refractivity contribution is -0.140. The fraction of sp³-hybridized carbons (Fsp3) is 0.321. The Hall–Kier alpha value is -4.47. The summed E-state index contributed by atoms with van der Waals surface area (Å²) in [5.41, 5.74) is 1.37. The summed E-state index contributed by atoms with van der Waals surface area (Å²) < 4.78 is 22.5. The molecule has 10 heteroatoms. The molecule has 0 bridgehead atoms. The van der Waals surface area contributed by atoms with Crippen LogP contribution >= 0.6 is 0 Å². The minimum absolute atomic E-state index is 0.00366. The smallest absolute Gasteiger partial charge is 0.308 e. The van der Waals surface area contributed by atoms with E-state index in [2.05, 4.69) is 0 Å². The molecule has 0 aliphatic rings. The molecule has 202 valence electrons. The van der Waals surface area contributed by atoms with Gasteiger partial charge in [-0.25, -0.2) is 0 Å². The van der Waals surface area contributed by atoms with Crippen LogP contribution in [-0.2, 0) is 27.3 Å². The summed E-state index contributed by atoms with van der Waals surface area (Å²) in [4.78, 5) is 37.8. The summed E-state index contributed by atoms with van der Waals surface area (Å²) in [6.45, 7) is 3.24. The number of benzene rings is 2. The molecule has 3 rings (SSSR count). The van der Waals surface area contributed by atoms with Gasteiger partial charge in [-0.15, -0.1) is 0 Å². The van der Waals surface area contributed by atoms with E-state index < -0.39 is 23.4 Å². The second-order valence-electron chi connectivity index (χ2n) is 8.64. The van der Waals surface area contributed by atoms with Crippen LogP contribution in [-0.4, -0.2) is 48.0 Å². The highest BCUT2D eigenvalue weighted by molar-refractivity contribution is 5.74. The number of carbonyl (C=O) groups is 2. The first kappa shape index (κ1) is 28.1. The Bertz CT molecular complexity index is 1350. The molecule has 1 atom stereocenters. The number of methoxy groups -OCH3 is 3. The highest BCUT2D eigenvalue weighted by Crippen LogP contribution is 2.43. The molecule has 2 aromatic carbocycles. The van der Waals surface area contributed by atoms with Gasteiger partial charge in [0.05, 0.1) is 33.3 Å². The molecule has 0 aliphatic heterocycles. The molecular weight excluding hydrogens is 494 g/mol. The molecule has 0 spiro atoms. The van der Waals surface area contributed by atoms with E-state index in [0.717, 1.165) is 5.56 Å². The van der Waals surface area contributed by atoms with Crippen LogP contribution in [0.15, 0.2) is 47.3 Å². The van der Waals surface area contributed by atoms with E-state index in [-0.39, 0.29) is 40.7 Å². The van der Waals surface area contributed by atoms with Crippen molar-refractivity contribution < 1.29 is 38.7 Å². The van der Waals surface area contributed by atoms with Gasteiger partial charge in [-0.05, 0) is 54.8 Å². The SMILES string of the molecule is COC(=O)CC(c1cc(OC)c(OC(C)=O)c(OC)c1)c1c(O)cc(C)n(CCc2ccc(O)cc2)c1=O. The maximum Gasteiger partial charge on any atom is 0.308 e. The van der Waals surface area contributed by atoms with Gasteiger partial charge < -0.3 is 33.7 Å². The van der Waals surface area contributed by atoms with Crippen molar-refractivity contribution in [2.24, 2.45) is 0 Å². The zero-order chi connectivity index (χ0) is 28.0. The average molecular weight is 526 g/mol. The summed E-state index contributed by atoms with van der Waals surface area (Å²) in [6.07, 6.45) is 0.227. The number of hydrogen-bond acceptors (Lipinski definition) is 9. The van der Waals surface area contributed by atoms with E-state index in [1.165, 1.54) is 51.0 Å². The second kappa shape index (κ2) is 12.2. The molecule has 0 amide bonds. The second-order valence-corrected chi connectivity index (χ2v) is 8.64. The predicted octanol–water partition coefficient (Wildman–Crippen LogP) is 3.45. The van der Waals surface area contributed by atoms with Crippen LogP contribution in [0.4, 0.5) is 0 Å². The first-order chi connectivity index (χ1) is 18.1. The Balaban J connectivity index is 2.16. The van der Waals surface area contributed by atoms with Gasteiger partial charge in [0.25, 0.3) is 5.56 Å². The number of rotatable bonds is 10. The molecule has 1 aromatic heterocycles. The summed E-state index contributed by atoms with van der Waals surface area (Å²) in [7, 11) is 3.98. The Morgan fingerprint density at radius 1 is 0.974 bits per heavy atom. The van der Waals surface area contributed by atoms with Gasteiger partial charge in [0, 0.05) is 25.1 Å². The lowest BCUT2D eigenvalue weighted by atomic mass is 9.87. The first-order valence-corrected chi connectivity index (χ1v) is 11.8. The largest absolute Gasteiger partial charge is 0.508 e. The minimum Gasteiger partial charge on any atom is -0.508 e. The van der Waals surface area contributed by atoms with Crippen molar-refractivity contribution in [1.29, 1.82) is 0 Å². The number of pyridine rings is 1. The van der Waals surface area contributed by atoms with Crippen LogP contribution in [0, 0.1) is 6.92 Å². The highest BCUT2D eigenvalue weighted by Gasteiger charge is 2.29. The number of ether oxygens (including phenoxy) is 4. The third-order valence-corrected chi connectivity index (χ3v) is 6.16. The van der Waals surface area contributed by atoms with Crippen LogP contribution in [0.3, 0.4) is 0 Å². The van der Waals surface area contributed by atoms with Crippen molar-refractivity contribution in [2.45, 2.75) is 39.2 Å². The van der Waals surface area contributed by atoms with E-state index in [1.807, 2.05) is 0 Å². The molecule has 0 fully saturated rings. The number of carbonyl (C=O) groups excluding carboxylic acids is 2. The summed E-state index contributed by atoms with van der Waals surface area (Å²) in [5.74, 6) is -1.94. The summed E-state index contributed by atoms with van der Waals surface area (Å²) >= 11 is 0. The van der Waals surface area contributed by atoms with Crippen molar-refractivity contribution in [3.8, 4) is 28.7 Å². The molecule has 1 unspecified atom stereocenters. The average Bonchev–Trinajstić information content (AvgIpc) is 2.88. The lowest BCUT2D eigenvalue weighted by Gasteiger charge is -2.22. The fourth-order valence-electron chi connectivity index (χ4n) is 4.26. The van der Waals surface area contributed by atoms with Crippen molar-refractivity contribution in [3.05, 3.63) is 75.2 Å². The van der Waals surface area contributed by atoms with E-state index in [4.69, 9.17) is 18.9 Å².